The molecule has 0 spiro atoms. The highest BCUT2D eigenvalue weighted by Crippen LogP contribution is 2.13. The number of nitriles is 1. The highest BCUT2D eigenvalue weighted by molar-refractivity contribution is 5.32. The van der Waals surface area contributed by atoms with Crippen LogP contribution < -0.4 is 5.32 Å². The minimum Gasteiger partial charge on any atom is -0.396 e. The van der Waals surface area contributed by atoms with E-state index >= 15 is 0 Å². The molecule has 0 aliphatic heterocycles. The lowest BCUT2D eigenvalue weighted by molar-refractivity contribution is 0.229. The van der Waals surface area contributed by atoms with E-state index in [-0.39, 0.29) is 18.0 Å². The van der Waals surface area contributed by atoms with Gasteiger partial charge in [-0.2, -0.15) is 5.26 Å². The van der Waals surface area contributed by atoms with Gasteiger partial charge >= 0.3 is 0 Å². The lowest BCUT2D eigenvalue weighted by Gasteiger charge is -2.25. The Morgan fingerprint density at radius 2 is 2.18 bits per heavy atom. The summed E-state index contributed by atoms with van der Waals surface area (Å²) >= 11 is 0. The highest BCUT2D eigenvalue weighted by Gasteiger charge is 2.16. The number of hydrogen-bond acceptors (Lipinski definition) is 3. The van der Waals surface area contributed by atoms with Crippen molar-refractivity contribution < 1.29 is 9.50 Å². The maximum atomic E-state index is 13.6. The topological polar surface area (TPSA) is 56.0 Å². The molecule has 0 amide bonds. The Hall–Kier alpha value is -1.44. The van der Waals surface area contributed by atoms with Crippen LogP contribution >= 0.6 is 0 Å². The molecule has 1 aromatic carbocycles. The van der Waals surface area contributed by atoms with Crippen LogP contribution in [-0.2, 0) is 6.54 Å². The van der Waals surface area contributed by atoms with E-state index in [4.69, 9.17) is 10.4 Å². The summed E-state index contributed by atoms with van der Waals surface area (Å²) in [7, 11) is 0. The molecule has 0 heterocycles. The van der Waals surface area contributed by atoms with Crippen LogP contribution in [0.15, 0.2) is 18.2 Å². The van der Waals surface area contributed by atoms with Gasteiger partial charge < -0.3 is 10.4 Å². The first kappa shape index (κ1) is 13.6. The number of hydrogen-bond donors (Lipinski definition) is 2. The van der Waals surface area contributed by atoms with Crippen LogP contribution in [0.3, 0.4) is 0 Å². The minimum absolute atomic E-state index is 0.0931. The molecule has 0 aliphatic carbocycles. The van der Waals surface area contributed by atoms with Crippen molar-refractivity contribution in [3.8, 4) is 6.07 Å². The largest absolute Gasteiger partial charge is 0.396 e. The Morgan fingerprint density at radius 1 is 1.47 bits per heavy atom. The van der Waals surface area contributed by atoms with E-state index in [0.29, 0.717) is 24.1 Å². The average Bonchev–Trinajstić information content (AvgIpc) is 2.27. The molecular weight excluding hydrogens is 219 g/mol. The molecule has 3 nitrogen and oxygen atoms in total. The molecule has 1 aromatic rings. The number of rotatable bonds is 5. The van der Waals surface area contributed by atoms with Crippen LogP contribution in [0.25, 0.3) is 0 Å². The molecule has 0 saturated heterocycles. The molecule has 0 bridgehead atoms. The number of benzene rings is 1. The van der Waals surface area contributed by atoms with Gasteiger partial charge in [0.05, 0.1) is 11.6 Å². The van der Waals surface area contributed by atoms with Crippen molar-refractivity contribution in [2.75, 3.05) is 6.61 Å². The Morgan fingerprint density at radius 3 is 2.71 bits per heavy atom. The van der Waals surface area contributed by atoms with Crippen LogP contribution in [0.5, 0.6) is 0 Å². The zero-order chi connectivity index (χ0) is 12.9. The SMILES string of the molecule is CC(C)(CCO)NCc1ccc(C#N)cc1F. The van der Waals surface area contributed by atoms with Crippen LogP contribution in [0.4, 0.5) is 4.39 Å². The molecule has 17 heavy (non-hydrogen) atoms. The number of nitrogens with one attached hydrogen (secondary N) is 1. The molecule has 1 rings (SSSR count). The van der Waals surface area contributed by atoms with E-state index in [2.05, 4.69) is 5.32 Å². The number of aliphatic hydroxyl groups is 1. The summed E-state index contributed by atoms with van der Waals surface area (Å²) in [6.45, 7) is 4.37. The zero-order valence-electron chi connectivity index (χ0n) is 10.1. The molecule has 0 saturated carbocycles. The first-order valence-electron chi connectivity index (χ1n) is 5.53. The molecule has 0 aromatic heterocycles. The molecule has 92 valence electrons. The zero-order valence-corrected chi connectivity index (χ0v) is 10.1. The fourth-order valence-corrected chi connectivity index (χ4v) is 1.46. The highest BCUT2D eigenvalue weighted by atomic mass is 19.1. The normalized spacial score (nSPS) is 11.2. The van der Waals surface area contributed by atoms with Gasteiger partial charge in [-0.05, 0) is 32.4 Å². The predicted molar refractivity (Wildman–Crippen MR) is 63.7 cm³/mol. The van der Waals surface area contributed by atoms with Crippen LogP contribution in [-0.4, -0.2) is 17.3 Å². The number of aliphatic hydroxyl groups excluding tert-OH is 1. The van der Waals surface area contributed by atoms with Gasteiger partial charge in [0.25, 0.3) is 0 Å². The third-order valence-corrected chi connectivity index (χ3v) is 2.68. The van der Waals surface area contributed by atoms with Crippen LogP contribution in [0.1, 0.15) is 31.4 Å². The van der Waals surface area contributed by atoms with Gasteiger partial charge in [-0.25, -0.2) is 4.39 Å². The van der Waals surface area contributed by atoms with Crippen molar-refractivity contribution in [1.29, 1.82) is 5.26 Å². The Kier molecular flexibility index (Phi) is 4.62. The van der Waals surface area contributed by atoms with Crippen LogP contribution in [0.2, 0.25) is 0 Å². The van der Waals surface area contributed by atoms with Crippen molar-refractivity contribution in [1.82, 2.24) is 5.32 Å². The van der Waals surface area contributed by atoms with Gasteiger partial charge in [-0.3, -0.25) is 0 Å². The maximum Gasteiger partial charge on any atom is 0.129 e. The van der Waals surface area contributed by atoms with Gasteiger partial charge in [-0.15, -0.1) is 0 Å². The van der Waals surface area contributed by atoms with Crippen molar-refractivity contribution in [3.05, 3.63) is 35.1 Å². The summed E-state index contributed by atoms with van der Waals surface area (Å²) < 4.78 is 13.6. The molecule has 0 unspecified atom stereocenters. The fourth-order valence-electron chi connectivity index (χ4n) is 1.46. The van der Waals surface area contributed by atoms with Gasteiger partial charge in [0, 0.05) is 24.3 Å². The third kappa shape index (κ3) is 4.14. The summed E-state index contributed by atoms with van der Waals surface area (Å²) in [4.78, 5) is 0. The second-order valence-corrected chi connectivity index (χ2v) is 4.63. The summed E-state index contributed by atoms with van der Waals surface area (Å²) in [5.41, 5.74) is 0.602. The average molecular weight is 236 g/mol. The van der Waals surface area contributed by atoms with Crippen molar-refractivity contribution in [3.63, 3.8) is 0 Å². The van der Waals surface area contributed by atoms with Gasteiger partial charge in [-0.1, -0.05) is 6.07 Å². The Labute approximate surface area is 101 Å². The first-order valence-corrected chi connectivity index (χ1v) is 5.53. The Bertz CT molecular complexity index is 424. The van der Waals surface area contributed by atoms with Gasteiger partial charge in [0.2, 0.25) is 0 Å². The fraction of sp³-hybridized carbons (Fsp3) is 0.462. The minimum atomic E-state index is -0.378. The summed E-state index contributed by atoms with van der Waals surface area (Å²) in [5, 5.41) is 20.7. The molecular formula is C13H17FN2O. The Balaban J connectivity index is 2.67. The van der Waals surface area contributed by atoms with E-state index in [1.54, 1.807) is 12.1 Å². The standard InChI is InChI=1S/C13H17FN2O/c1-13(2,5-6-17)16-9-11-4-3-10(8-15)7-12(11)14/h3-4,7,16-17H,5-6,9H2,1-2H3. The van der Waals surface area contributed by atoms with E-state index in [9.17, 15) is 4.39 Å². The van der Waals surface area contributed by atoms with Gasteiger partial charge in [0.1, 0.15) is 5.82 Å². The second-order valence-electron chi connectivity index (χ2n) is 4.63. The molecule has 0 radical (unpaired) electrons. The lowest BCUT2D eigenvalue weighted by Crippen LogP contribution is -2.39. The molecule has 0 atom stereocenters. The van der Waals surface area contributed by atoms with Crippen molar-refractivity contribution in [2.45, 2.75) is 32.4 Å². The van der Waals surface area contributed by atoms with Crippen LogP contribution in [0, 0.1) is 17.1 Å². The predicted octanol–water partition coefficient (Wildman–Crippen LogP) is 1.95. The maximum absolute atomic E-state index is 13.6. The molecule has 0 aliphatic rings. The summed E-state index contributed by atoms with van der Waals surface area (Å²) in [6, 6.07) is 6.33. The molecule has 2 N–H and O–H groups in total. The number of nitrogens with zero attached hydrogens (tertiary/aromatic N) is 1. The lowest BCUT2D eigenvalue weighted by atomic mass is 10.0. The monoisotopic (exact) mass is 236 g/mol. The van der Waals surface area contributed by atoms with Crippen molar-refractivity contribution in [2.24, 2.45) is 0 Å². The summed E-state index contributed by atoms with van der Waals surface area (Å²) in [6.07, 6.45) is 0.602. The smallest absolute Gasteiger partial charge is 0.129 e. The summed E-state index contributed by atoms with van der Waals surface area (Å²) in [5.74, 6) is -0.378. The van der Waals surface area contributed by atoms with Gasteiger partial charge in [0.15, 0.2) is 0 Å². The van der Waals surface area contributed by atoms with E-state index in [1.165, 1.54) is 6.07 Å². The van der Waals surface area contributed by atoms with E-state index in [1.807, 2.05) is 19.9 Å². The third-order valence-electron chi connectivity index (χ3n) is 2.68. The molecule has 4 heteroatoms. The van der Waals surface area contributed by atoms with E-state index < -0.39 is 0 Å². The quantitative estimate of drug-likeness (QED) is 0.821. The second kappa shape index (κ2) is 5.76. The number of halogens is 1. The first-order chi connectivity index (χ1) is 7.98. The van der Waals surface area contributed by atoms with Crippen molar-refractivity contribution >= 4 is 0 Å². The van der Waals surface area contributed by atoms with E-state index in [0.717, 1.165) is 0 Å². The molecule has 0 fully saturated rings.